The number of fused-ring (bicyclic) bond motifs is 1. The number of hydrogen-bond acceptors (Lipinski definition) is 3. The van der Waals surface area contributed by atoms with Gasteiger partial charge in [0, 0.05) is 57.1 Å². The van der Waals surface area contributed by atoms with E-state index in [1.54, 1.807) is 0 Å². The van der Waals surface area contributed by atoms with Gasteiger partial charge in [-0.05, 0) is 56.7 Å². The topological polar surface area (TPSA) is 57.5 Å². The number of para-hydroxylation sites is 1. The van der Waals surface area contributed by atoms with Gasteiger partial charge < -0.3 is 15.5 Å². The number of halogens is 1. The van der Waals surface area contributed by atoms with Crippen LogP contribution in [0, 0.1) is 5.92 Å². The Bertz CT molecular complexity index is 831. The third-order valence-corrected chi connectivity index (χ3v) is 6.16. The summed E-state index contributed by atoms with van der Waals surface area (Å²) < 4.78 is 2.10. The number of hydrogen-bond donors (Lipinski definition) is 2. The zero-order valence-electron chi connectivity index (χ0n) is 18.3. The number of aliphatic imine (C=N–C) groups is 1. The van der Waals surface area contributed by atoms with Gasteiger partial charge in [0.15, 0.2) is 5.96 Å². The van der Waals surface area contributed by atoms with Crippen molar-refractivity contribution in [1.29, 1.82) is 0 Å². The average molecular weight is 522 g/mol. The Hall–Kier alpha value is -1.77. The molecule has 0 bridgehead atoms. The predicted octanol–water partition coefficient (Wildman–Crippen LogP) is 3.63. The second-order valence-electron chi connectivity index (χ2n) is 8.65. The van der Waals surface area contributed by atoms with Crippen LogP contribution >= 0.6 is 24.0 Å². The molecule has 2 aliphatic rings. The van der Waals surface area contributed by atoms with Crippen LogP contribution in [0.3, 0.4) is 0 Å². The molecule has 1 fully saturated rings. The summed E-state index contributed by atoms with van der Waals surface area (Å²) in [6.45, 7) is 7.56. The van der Waals surface area contributed by atoms with Crippen molar-refractivity contribution in [1.82, 2.24) is 20.4 Å². The number of aromatic nitrogens is 2. The first-order chi connectivity index (χ1) is 14.1. The average Bonchev–Trinajstić information content (AvgIpc) is 3.38. The summed E-state index contributed by atoms with van der Waals surface area (Å²) in [5.74, 6) is 1.56. The van der Waals surface area contributed by atoms with Crippen molar-refractivity contribution in [3.63, 3.8) is 0 Å². The third-order valence-electron chi connectivity index (χ3n) is 6.16. The fourth-order valence-electron chi connectivity index (χ4n) is 4.40. The molecule has 0 amide bonds. The zero-order valence-corrected chi connectivity index (χ0v) is 20.7. The first-order valence-corrected chi connectivity index (χ1v) is 11.0. The van der Waals surface area contributed by atoms with Crippen LogP contribution in [0.1, 0.15) is 44.0 Å². The van der Waals surface area contributed by atoms with E-state index in [4.69, 9.17) is 5.10 Å². The first-order valence-electron chi connectivity index (χ1n) is 11.0. The Kier molecular flexibility index (Phi) is 8.02. The summed E-state index contributed by atoms with van der Waals surface area (Å²) in [6.07, 6.45) is 6.63. The lowest BCUT2D eigenvalue weighted by molar-refractivity contribution is 0.494. The Labute approximate surface area is 197 Å². The molecule has 1 saturated heterocycles. The van der Waals surface area contributed by atoms with Gasteiger partial charge in [-0.1, -0.05) is 18.2 Å². The van der Waals surface area contributed by atoms with E-state index in [9.17, 15) is 0 Å². The maximum absolute atomic E-state index is 4.79. The van der Waals surface area contributed by atoms with Gasteiger partial charge in [0.25, 0.3) is 0 Å². The molecule has 2 unspecified atom stereocenters. The van der Waals surface area contributed by atoms with Crippen LogP contribution in [0.5, 0.6) is 0 Å². The number of rotatable bonds is 5. The smallest absolute Gasteiger partial charge is 0.191 e. The summed E-state index contributed by atoms with van der Waals surface area (Å²) in [4.78, 5) is 6.95. The Morgan fingerprint density at radius 3 is 2.77 bits per heavy atom. The zero-order chi connectivity index (χ0) is 20.2. The van der Waals surface area contributed by atoms with Gasteiger partial charge in [-0.2, -0.15) is 5.10 Å². The lowest BCUT2D eigenvalue weighted by atomic mass is 9.94. The molecule has 1 aliphatic carbocycles. The normalized spacial score (nSPS) is 21.3. The van der Waals surface area contributed by atoms with Crippen LogP contribution in [0.25, 0.3) is 0 Å². The maximum atomic E-state index is 4.79. The number of nitrogens with one attached hydrogen (secondary N) is 2. The van der Waals surface area contributed by atoms with Crippen molar-refractivity contribution >= 4 is 35.6 Å². The molecule has 0 radical (unpaired) electrons. The van der Waals surface area contributed by atoms with Crippen LogP contribution in [-0.2, 0) is 12.8 Å². The van der Waals surface area contributed by atoms with E-state index in [2.05, 4.69) is 75.6 Å². The standard InChI is InChI=1S/C23H34N6.HI/c1-17(2)29-16-19-9-10-20(13-22(19)27-29)26-23(24-3)25-14-18-11-12-28(15-18)21-7-5-4-6-8-21;/h4-8,16-18,20H,9-15H2,1-3H3,(H2,24,25,26);1H. The van der Waals surface area contributed by atoms with Gasteiger partial charge in [0.2, 0.25) is 0 Å². The fraction of sp³-hybridized carbons (Fsp3) is 0.565. The second-order valence-corrected chi connectivity index (χ2v) is 8.65. The van der Waals surface area contributed by atoms with E-state index in [1.807, 2.05) is 7.05 Å². The first kappa shape index (κ1) is 22.9. The molecule has 0 spiro atoms. The highest BCUT2D eigenvalue weighted by molar-refractivity contribution is 14.0. The molecule has 164 valence electrons. The third kappa shape index (κ3) is 5.47. The van der Waals surface area contributed by atoms with Gasteiger partial charge in [-0.15, -0.1) is 24.0 Å². The molecular weight excluding hydrogens is 487 g/mol. The summed E-state index contributed by atoms with van der Waals surface area (Å²) in [7, 11) is 1.86. The molecule has 2 atom stereocenters. The predicted molar refractivity (Wildman–Crippen MR) is 135 cm³/mol. The van der Waals surface area contributed by atoms with Gasteiger partial charge in [0.1, 0.15) is 0 Å². The van der Waals surface area contributed by atoms with Crippen molar-refractivity contribution < 1.29 is 0 Å². The molecule has 4 rings (SSSR count). The largest absolute Gasteiger partial charge is 0.371 e. The second kappa shape index (κ2) is 10.5. The minimum Gasteiger partial charge on any atom is -0.371 e. The summed E-state index contributed by atoms with van der Waals surface area (Å²) in [6, 6.07) is 11.5. The highest BCUT2D eigenvalue weighted by Crippen LogP contribution is 2.23. The Morgan fingerprint density at radius 2 is 2.03 bits per heavy atom. The van der Waals surface area contributed by atoms with Crippen molar-refractivity contribution in [2.75, 3.05) is 31.6 Å². The summed E-state index contributed by atoms with van der Waals surface area (Å²) >= 11 is 0. The van der Waals surface area contributed by atoms with Gasteiger partial charge in [-0.25, -0.2) is 0 Å². The van der Waals surface area contributed by atoms with E-state index in [1.165, 1.54) is 23.4 Å². The lowest BCUT2D eigenvalue weighted by Gasteiger charge is -2.25. The molecule has 6 nitrogen and oxygen atoms in total. The van der Waals surface area contributed by atoms with E-state index in [0.717, 1.165) is 44.9 Å². The number of benzene rings is 1. The minimum absolute atomic E-state index is 0. The van der Waals surface area contributed by atoms with Crippen LogP contribution in [0.15, 0.2) is 41.5 Å². The van der Waals surface area contributed by atoms with Crippen molar-refractivity contribution in [3.8, 4) is 0 Å². The molecule has 7 heteroatoms. The maximum Gasteiger partial charge on any atom is 0.191 e. The molecule has 2 heterocycles. The molecule has 1 aromatic carbocycles. The molecule has 1 aliphatic heterocycles. The summed E-state index contributed by atoms with van der Waals surface area (Å²) in [5.41, 5.74) is 3.98. The highest BCUT2D eigenvalue weighted by Gasteiger charge is 2.25. The molecule has 2 aromatic rings. The monoisotopic (exact) mass is 522 g/mol. The Balaban J connectivity index is 0.00000256. The van der Waals surface area contributed by atoms with Crippen LogP contribution < -0.4 is 15.5 Å². The minimum atomic E-state index is 0. The van der Waals surface area contributed by atoms with Gasteiger partial charge in [0.05, 0.1) is 5.69 Å². The number of aryl methyl sites for hydroxylation is 1. The highest BCUT2D eigenvalue weighted by atomic mass is 127. The number of anilines is 1. The number of nitrogens with zero attached hydrogens (tertiary/aromatic N) is 4. The van der Waals surface area contributed by atoms with E-state index in [-0.39, 0.29) is 24.0 Å². The van der Waals surface area contributed by atoms with E-state index < -0.39 is 0 Å². The van der Waals surface area contributed by atoms with Crippen LogP contribution in [-0.4, -0.2) is 48.5 Å². The lowest BCUT2D eigenvalue weighted by Crippen LogP contribution is -2.47. The van der Waals surface area contributed by atoms with Crippen LogP contribution in [0.4, 0.5) is 5.69 Å². The molecule has 0 saturated carbocycles. The molecule has 2 N–H and O–H groups in total. The van der Waals surface area contributed by atoms with Crippen LogP contribution in [0.2, 0.25) is 0 Å². The Morgan fingerprint density at radius 1 is 1.23 bits per heavy atom. The van der Waals surface area contributed by atoms with Gasteiger partial charge >= 0.3 is 0 Å². The van der Waals surface area contributed by atoms with E-state index >= 15 is 0 Å². The number of guanidine groups is 1. The molecule has 30 heavy (non-hydrogen) atoms. The van der Waals surface area contributed by atoms with Crippen molar-refractivity contribution in [2.24, 2.45) is 10.9 Å². The van der Waals surface area contributed by atoms with Gasteiger partial charge in [-0.3, -0.25) is 9.67 Å². The van der Waals surface area contributed by atoms with Crippen molar-refractivity contribution in [3.05, 3.63) is 47.8 Å². The molecule has 1 aromatic heterocycles. The SMILES string of the molecule is CN=C(NCC1CCN(c2ccccc2)C1)NC1CCc2cn(C(C)C)nc2C1.I. The quantitative estimate of drug-likeness (QED) is 0.358. The summed E-state index contributed by atoms with van der Waals surface area (Å²) in [5, 5.41) is 12.0. The van der Waals surface area contributed by atoms with E-state index in [0.29, 0.717) is 18.0 Å². The fourth-order valence-corrected chi connectivity index (χ4v) is 4.40. The van der Waals surface area contributed by atoms with Crippen molar-refractivity contribution in [2.45, 2.75) is 51.6 Å². The molecular formula is C23H35IN6.